The van der Waals surface area contributed by atoms with E-state index in [-0.39, 0.29) is 0 Å². The van der Waals surface area contributed by atoms with Gasteiger partial charge >= 0.3 is 10.5 Å². The Bertz CT molecular complexity index is 309. The Morgan fingerprint density at radius 3 is 1.85 bits per heavy atom. The van der Waals surface area contributed by atoms with Crippen molar-refractivity contribution in [1.82, 2.24) is 0 Å². The van der Waals surface area contributed by atoms with Crippen LogP contribution >= 0.6 is 0 Å². The Balaban J connectivity index is 3.24. The highest BCUT2D eigenvalue weighted by molar-refractivity contribution is 7.93. The molecule has 0 amide bonds. The maximum Gasteiger partial charge on any atom is 0.357 e. The van der Waals surface area contributed by atoms with E-state index in [1.807, 2.05) is 0 Å². The summed E-state index contributed by atoms with van der Waals surface area (Å²) in [7, 11) is -5.87. The van der Waals surface area contributed by atoms with Gasteiger partial charge in [-0.15, -0.1) is 0 Å². The van der Waals surface area contributed by atoms with Crippen LogP contribution in [0.3, 0.4) is 0 Å². The van der Waals surface area contributed by atoms with Crippen LogP contribution in [-0.4, -0.2) is 25.6 Å². The number of sulfone groups is 1. The number of hydrogen-bond donors (Lipinski definition) is 0. The Morgan fingerprint density at radius 2 is 1.69 bits per heavy atom. The summed E-state index contributed by atoms with van der Waals surface area (Å²) in [5.74, 6) is -2.44. The Labute approximate surface area is 70.6 Å². The van der Waals surface area contributed by atoms with E-state index in [0.717, 1.165) is 0 Å². The second kappa shape index (κ2) is 2.55. The summed E-state index contributed by atoms with van der Waals surface area (Å²) in [5, 5.41) is -9.18. The van der Waals surface area contributed by atoms with Crippen LogP contribution in [0.4, 0.5) is 22.0 Å². The normalized spacial score (nSPS) is 34.7. The average molecular weight is 224 g/mol. The van der Waals surface area contributed by atoms with Gasteiger partial charge in [0.15, 0.2) is 0 Å². The van der Waals surface area contributed by atoms with E-state index in [0.29, 0.717) is 0 Å². The van der Waals surface area contributed by atoms with Crippen LogP contribution < -0.4 is 0 Å². The van der Waals surface area contributed by atoms with Crippen LogP contribution in [0, 0.1) is 5.92 Å². The predicted octanol–water partition coefficient (Wildman–Crippen LogP) is 1.58. The minimum absolute atomic E-state index is 1.65. The third-order valence-corrected chi connectivity index (χ3v) is 3.90. The lowest BCUT2D eigenvalue weighted by Gasteiger charge is -2.13. The second-order valence-electron chi connectivity index (χ2n) is 2.76. The van der Waals surface area contributed by atoms with Crippen molar-refractivity contribution in [2.45, 2.75) is 16.9 Å². The van der Waals surface area contributed by atoms with Gasteiger partial charge in [-0.3, -0.25) is 4.39 Å². The minimum atomic E-state index is -5.87. The van der Waals surface area contributed by atoms with Crippen molar-refractivity contribution in [2.75, 3.05) is 6.67 Å². The van der Waals surface area contributed by atoms with Gasteiger partial charge in [0.25, 0.3) is 9.84 Å². The first-order valence-electron chi connectivity index (χ1n) is 3.22. The molecule has 1 atom stereocenters. The number of hydrogen-bond acceptors (Lipinski definition) is 2. The molecule has 0 aliphatic carbocycles. The zero-order chi connectivity index (χ0) is 10.5. The molecule has 0 bridgehead atoms. The van der Waals surface area contributed by atoms with E-state index in [1.165, 1.54) is 0 Å². The maximum atomic E-state index is 12.6. The Kier molecular flexibility index (Phi) is 2.10. The summed E-state index contributed by atoms with van der Waals surface area (Å²) >= 11 is 0. The third kappa shape index (κ3) is 1.14. The quantitative estimate of drug-likeness (QED) is 0.633. The molecular weight excluding hydrogens is 219 g/mol. The molecule has 0 aromatic rings. The standard InChI is InChI=1S/C5H5F5O2S/c6-2-3-1-4(7,8)13(11,12)5(3,9)10/h3H,1-2H2. The lowest BCUT2D eigenvalue weighted by Crippen LogP contribution is -2.35. The third-order valence-electron chi connectivity index (χ3n) is 1.90. The van der Waals surface area contributed by atoms with Crippen LogP contribution in [-0.2, 0) is 9.84 Å². The van der Waals surface area contributed by atoms with E-state index in [4.69, 9.17) is 0 Å². The van der Waals surface area contributed by atoms with E-state index < -0.39 is 39.4 Å². The van der Waals surface area contributed by atoms with Crippen LogP contribution in [0.2, 0.25) is 0 Å². The first kappa shape index (κ1) is 10.7. The fourth-order valence-electron chi connectivity index (χ4n) is 1.08. The molecule has 0 N–H and O–H groups in total. The minimum Gasteiger partial charge on any atom is -0.251 e. The molecule has 0 spiro atoms. The van der Waals surface area contributed by atoms with E-state index in [9.17, 15) is 30.4 Å². The van der Waals surface area contributed by atoms with Crippen molar-refractivity contribution in [2.24, 2.45) is 5.92 Å². The fraction of sp³-hybridized carbons (Fsp3) is 1.00. The number of halogens is 5. The monoisotopic (exact) mass is 224 g/mol. The molecule has 1 fully saturated rings. The van der Waals surface area contributed by atoms with Crippen LogP contribution in [0.25, 0.3) is 0 Å². The zero-order valence-electron chi connectivity index (χ0n) is 6.11. The first-order valence-corrected chi connectivity index (χ1v) is 4.71. The van der Waals surface area contributed by atoms with Gasteiger partial charge in [0.05, 0.1) is 12.6 Å². The van der Waals surface area contributed by atoms with Gasteiger partial charge in [-0.05, 0) is 0 Å². The summed E-state index contributed by atoms with van der Waals surface area (Å²) in [6, 6.07) is 0. The highest BCUT2D eigenvalue weighted by Gasteiger charge is 2.72. The summed E-state index contributed by atoms with van der Waals surface area (Å²) < 4.78 is 82.7. The first-order chi connectivity index (χ1) is 5.67. The van der Waals surface area contributed by atoms with Crippen molar-refractivity contribution < 1.29 is 30.4 Å². The molecule has 0 aromatic heterocycles. The van der Waals surface area contributed by atoms with Crippen LogP contribution in [0.1, 0.15) is 6.42 Å². The number of alkyl halides is 5. The molecule has 1 aliphatic heterocycles. The smallest absolute Gasteiger partial charge is 0.251 e. The summed E-state index contributed by atoms with van der Waals surface area (Å²) in [5.41, 5.74) is 0. The van der Waals surface area contributed by atoms with Crippen molar-refractivity contribution in [3.63, 3.8) is 0 Å². The summed E-state index contributed by atoms with van der Waals surface area (Å²) in [6.07, 6.45) is -1.65. The van der Waals surface area contributed by atoms with Gasteiger partial charge in [-0.1, -0.05) is 0 Å². The van der Waals surface area contributed by atoms with Crippen molar-refractivity contribution >= 4 is 9.84 Å². The molecule has 0 radical (unpaired) electrons. The molecule has 13 heavy (non-hydrogen) atoms. The van der Waals surface area contributed by atoms with Crippen LogP contribution in [0.5, 0.6) is 0 Å². The molecule has 0 aromatic carbocycles. The van der Waals surface area contributed by atoms with Crippen molar-refractivity contribution in [3.05, 3.63) is 0 Å². The van der Waals surface area contributed by atoms with Gasteiger partial charge in [-0.25, -0.2) is 8.42 Å². The lowest BCUT2D eigenvalue weighted by molar-refractivity contribution is 0.0123. The van der Waals surface area contributed by atoms with Crippen LogP contribution in [0.15, 0.2) is 0 Å². The van der Waals surface area contributed by atoms with Gasteiger partial charge in [0, 0.05) is 6.42 Å². The van der Waals surface area contributed by atoms with Gasteiger partial charge in [0.1, 0.15) is 0 Å². The topological polar surface area (TPSA) is 34.1 Å². The molecule has 2 nitrogen and oxygen atoms in total. The fourth-order valence-corrected chi connectivity index (χ4v) is 2.48. The molecule has 1 saturated heterocycles. The molecule has 78 valence electrons. The molecule has 1 rings (SSSR count). The zero-order valence-corrected chi connectivity index (χ0v) is 6.92. The molecular formula is C5H5F5O2S. The molecule has 1 unspecified atom stereocenters. The van der Waals surface area contributed by atoms with Crippen molar-refractivity contribution in [3.8, 4) is 0 Å². The lowest BCUT2D eigenvalue weighted by atomic mass is 10.1. The van der Waals surface area contributed by atoms with E-state index in [2.05, 4.69) is 0 Å². The second-order valence-corrected chi connectivity index (χ2v) is 4.91. The highest BCUT2D eigenvalue weighted by atomic mass is 32.2. The van der Waals surface area contributed by atoms with E-state index in [1.54, 1.807) is 0 Å². The van der Waals surface area contributed by atoms with Crippen molar-refractivity contribution in [1.29, 1.82) is 0 Å². The molecule has 8 heteroatoms. The van der Waals surface area contributed by atoms with E-state index >= 15 is 0 Å². The number of rotatable bonds is 1. The molecule has 1 aliphatic rings. The summed E-state index contributed by atoms with van der Waals surface area (Å²) in [4.78, 5) is 0. The largest absolute Gasteiger partial charge is 0.357 e. The summed E-state index contributed by atoms with van der Waals surface area (Å²) in [6.45, 7) is -1.78. The van der Waals surface area contributed by atoms with Gasteiger partial charge in [-0.2, -0.15) is 17.6 Å². The SMILES string of the molecule is O=S1(=O)C(F)(F)CC(CF)C1(F)F. The molecule has 1 heterocycles. The predicted molar refractivity (Wildman–Crippen MR) is 32.9 cm³/mol. The maximum absolute atomic E-state index is 12.6. The highest BCUT2D eigenvalue weighted by Crippen LogP contribution is 2.52. The Hall–Kier alpha value is -0.400. The average Bonchev–Trinajstić information content (AvgIpc) is 2.08. The van der Waals surface area contributed by atoms with Gasteiger partial charge in [0.2, 0.25) is 0 Å². The molecule has 0 saturated carbocycles. The Morgan fingerprint density at radius 1 is 1.23 bits per heavy atom. The van der Waals surface area contributed by atoms with Gasteiger partial charge < -0.3 is 0 Å².